The zero-order chi connectivity index (χ0) is 45.7. The van der Waals surface area contributed by atoms with Crippen LogP contribution in [-0.4, -0.2) is 15.0 Å². The summed E-state index contributed by atoms with van der Waals surface area (Å²) < 4.78 is 6.31. The summed E-state index contributed by atoms with van der Waals surface area (Å²) >= 11 is 0. The number of furan rings is 1. The van der Waals surface area contributed by atoms with Crippen LogP contribution < -0.4 is 0 Å². The van der Waals surface area contributed by atoms with Crippen LogP contribution in [0.15, 0.2) is 253 Å². The molecule has 0 atom stereocenters. The highest BCUT2D eigenvalue weighted by Gasteiger charge is 2.20. The van der Waals surface area contributed by atoms with Crippen LogP contribution in [-0.2, 0) is 0 Å². The second-order valence-corrected chi connectivity index (χ2v) is 17.4. The standard InChI is InChI=1S/C65H41N3O/c1-3-18-42(19-4-1)46-22-7-13-28-57(46)64-66-63(67-65(68-64)58-29-14-8-23-47(58)43-20-5-2-6-21-43)45-36-34-44(35-37-45)48-38-39-53(50-25-10-9-24-49(48)50)54-40-41-55(52-27-12-11-26-51(52)54)56-31-17-33-61-62(56)59-30-15-16-32-60(59)69-61/h1-41H. The molecule has 4 nitrogen and oxygen atoms in total. The van der Waals surface area contributed by atoms with Crippen molar-refractivity contribution in [1.82, 2.24) is 15.0 Å². The van der Waals surface area contributed by atoms with Gasteiger partial charge in [-0.1, -0.05) is 237 Å². The molecule has 0 bridgehead atoms. The van der Waals surface area contributed by atoms with Crippen LogP contribution in [0.25, 0.3) is 133 Å². The van der Waals surface area contributed by atoms with E-state index in [1.54, 1.807) is 0 Å². The topological polar surface area (TPSA) is 51.8 Å². The number of fused-ring (bicyclic) bond motifs is 5. The van der Waals surface area contributed by atoms with Crippen LogP contribution in [0.2, 0.25) is 0 Å². The molecule has 0 aliphatic heterocycles. The summed E-state index contributed by atoms with van der Waals surface area (Å²) in [6.45, 7) is 0. The third-order valence-corrected chi connectivity index (χ3v) is 13.4. The molecule has 2 heterocycles. The minimum Gasteiger partial charge on any atom is -0.456 e. The van der Waals surface area contributed by atoms with Crippen LogP contribution in [0.3, 0.4) is 0 Å². The summed E-state index contributed by atoms with van der Waals surface area (Å²) in [7, 11) is 0. The van der Waals surface area contributed by atoms with Crippen LogP contribution in [0, 0.1) is 0 Å². The second kappa shape index (κ2) is 16.9. The number of hydrogen-bond donors (Lipinski definition) is 0. The Balaban J connectivity index is 0.913. The lowest BCUT2D eigenvalue weighted by molar-refractivity contribution is 0.669. The first-order valence-electron chi connectivity index (χ1n) is 23.3. The Kier molecular flexibility index (Phi) is 9.80. The molecule has 11 aromatic carbocycles. The average Bonchev–Trinajstić information content (AvgIpc) is 3.82. The van der Waals surface area contributed by atoms with E-state index in [2.05, 4.69) is 224 Å². The maximum atomic E-state index is 6.31. The van der Waals surface area contributed by atoms with Crippen molar-refractivity contribution in [1.29, 1.82) is 0 Å². The Morgan fingerprint density at radius 2 is 0.565 bits per heavy atom. The van der Waals surface area contributed by atoms with Gasteiger partial charge in [0.15, 0.2) is 17.5 Å². The molecule has 0 aliphatic carbocycles. The van der Waals surface area contributed by atoms with Crippen molar-refractivity contribution in [3.05, 3.63) is 249 Å². The van der Waals surface area contributed by atoms with Gasteiger partial charge in [0.1, 0.15) is 11.2 Å². The van der Waals surface area contributed by atoms with Gasteiger partial charge in [0.25, 0.3) is 0 Å². The molecular weight excluding hydrogens is 839 g/mol. The molecule has 13 aromatic rings. The quantitative estimate of drug-likeness (QED) is 0.153. The third kappa shape index (κ3) is 7.06. The molecule has 13 rings (SSSR count). The minimum absolute atomic E-state index is 0.611. The fourth-order valence-electron chi connectivity index (χ4n) is 10.2. The summed E-state index contributed by atoms with van der Waals surface area (Å²) in [6, 6.07) is 87.6. The van der Waals surface area contributed by atoms with Crippen molar-refractivity contribution in [3.8, 4) is 89.8 Å². The Morgan fingerprint density at radius 1 is 0.203 bits per heavy atom. The number of rotatable bonds is 8. The molecule has 0 spiro atoms. The number of nitrogens with zero attached hydrogens (tertiary/aromatic N) is 3. The van der Waals surface area contributed by atoms with E-state index in [9.17, 15) is 0 Å². The summed E-state index contributed by atoms with van der Waals surface area (Å²) in [5.41, 5.74) is 15.9. The predicted octanol–water partition coefficient (Wildman–Crippen LogP) is 17.4. The average molecular weight is 880 g/mol. The largest absolute Gasteiger partial charge is 0.456 e. The highest BCUT2D eigenvalue weighted by Crippen LogP contribution is 2.44. The van der Waals surface area contributed by atoms with Gasteiger partial charge in [0.2, 0.25) is 0 Å². The third-order valence-electron chi connectivity index (χ3n) is 13.4. The van der Waals surface area contributed by atoms with Gasteiger partial charge in [-0.15, -0.1) is 0 Å². The number of para-hydroxylation sites is 1. The van der Waals surface area contributed by atoms with Crippen molar-refractivity contribution in [2.75, 3.05) is 0 Å². The normalized spacial score (nSPS) is 11.5. The molecule has 0 saturated heterocycles. The monoisotopic (exact) mass is 879 g/mol. The minimum atomic E-state index is 0.611. The molecule has 0 unspecified atom stereocenters. The summed E-state index contributed by atoms with van der Waals surface area (Å²) in [6.07, 6.45) is 0. The molecule has 0 saturated carbocycles. The molecule has 322 valence electrons. The molecule has 0 amide bonds. The van der Waals surface area contributed by atoms with Crippen molar-refractivity contribution in [2.24, 2.45) is 0 Å². The van der Waals surface area contributed by atoms with E-state index in [1.807, 2.05) is 24.3 Å². The van der Waals surface area contributed by atoms with Crippen molar-refractivity contribution in [3.63, 3.8) is 0 Å². The number of aromatic nitrogens is 3. The highest BCUT2D eigenvalue weighted by molar-refractivity contribution is 6.18. The van der Waals surface area contributed by atoms with Gasteiger partial charge in [-0.2, -0.15) is 0 Å². The van der Waals surface area contributed by atoms with Crippen molar-refractivity contribution in [2.45, 2.75) is 0 Å². The van der Waals surface area contributed by atoms with Crippen LogP contribution >= 0.6 is 0 Å². The van der Waals surface area contributed by atoms with Crippen LogP contribution in [0.1, 0.15) is 0 Å². The molecule has 4 heteroatoms. The highest BCUT2D eigenvalue weighted by atomic mass is 16.3. The second-order valence-electron chi connectivity index (χ2n) is 17.4. The van der Waals surface area contributed by atoms with Gasteiger partial charge in [-0.05, 0) is 89.3 Å². The van der Waals surface area contributed by atoms with Crippen molar-refractivity contribution >= 4 is 43.5 Å². The lowest BCUT2D eigenvalue weighted by atomic mass is 9.87. The number of hydrogen-bond acceptors (Lipinski definition) is 4. The van der Waals surface area contributed by atoms with E-state index in [0.717, 1.165) is 72.0 Å². The van der Waals surface area contributed by atoms with E-state index in [1.165, 1.54) is 43.8 Å². The van der Waals surface area contributed by atoms with E-state index in [0.29, 0.717) is 17.5 Å². The van der Waals surface area contributed by atoms with E-state index in [4.69, 9.17) is 19.4 Å². The Labute approximate surface area is 399 Å². The van der Waals surface area contributed by atoms with E-state index < -0.39 is 0 Å². The summed E-state index contributed by atoms with van der Waals surface area (Å²) in [4.78, 5) is 15.7. The van der Waals surface area contributed by atoms with Crippen LogP contribution in [0.4, 0.5) is 0 Å². The Bertz CT molecular complexity index is 3960. The first-order valence-corrected chi connectivity index (χ1v) is 23.3. The molecular formula is C65H41N3O. The lowest BCUT2D eigenvalue weighted by Crippen LogP contribution is -2.02. The van der Waals surface area contributed by atoms with Gasteiger partial charge in [0, 0.05) is 27.5 Å². The molecule has 0 fully saturated rings. The van der Waals surface area contributed by atoms with E-state index >= 15 is 0 Å². The van der Waals surface area contributed by atoms with Gasteiger partial charge in [-0.25, -0.2) is 15.0 Å². The summed E-state index contributed by atoms with van der Waals surface area (Å²) in [5, 5.41) is 7.06. The maximum Gasteiger partial charge on any atom is 0.164 e. The Hall–Kier alpha value is -9.25. The zero-order valence-corrected chi connectivity index (χ0v) is 37.4. The fourth-order valence-corrected chi connectivity index (χ4v) is 10.2. The molecule has 0 aliphatic rings. The fraction of sp³-hybridized carbons (Fsp3) is 0. The first-order chi connectivity index (χ1) is 34.2. The summed E-state index contributed by atoms with van der Waals surface area (Å²) in [5.74, 6) is 1.85. The molecule has 0 radical (unpaired) electrons. The van der Waals surface area contributed by atoms with Gasteiger partial charge in [0.05, 0.1) is 0 Å². The predicted molar refractivity (Wildman–Crippen MR) is 286 cm³/mol. The van der Waals surface area contributed by atoms with Gasteiger partial charge >= 0.3 is 0 Å². The zero-order valence-electron chi connectivity index (χ0n) is 37.4. The number of benzene rings is 11. The molecule has 0 N–H and O–H groups in total. The molecule has 69 heavy (non-hydrogen) atoms. The van der Waals surface area contributed by atoms with Gasteiger partial charge < -0.3 is 4.42 Å². The van der Waals surface area contributed by atoms with Gasteiger partial charge in [-0.3, -0.25) is 0 Å². The molecule has 2 aromatic heterocycles. The Morgan fingerprint density at radius 3 is 1.12 bits per heavy atom. The van der Waals surface area contributed by atoms with Crippen molar-refractivity contribution < 1.29 is 4.42 Å². The van der Waals surface area contributed by atoms with Crippen LogP contribution in [0.5, 0.6) is 0 Å². The lowest BCUT2D eigenvalue weighted by Gasteiger charge is -2.16. The smallest absolute Gasteiger partial charge is 0.164 e. The SMILES string of the molecule is c1ccc(-c2ccccc2-c2nc(-c3ccc(-c4ccc(-c5ccc(-c6cccc7oc8ccccc8c67)c6ccccc56)c5ccccc45)cc3)nc(-c3ccccc3-c3ccccc3)n2)cc1. The maximum absolute atomic E-state index is 6.31. The first kappa shape index (κ1) is 40.1. The van der Waals surface area contributed by atoms with E-state index in [-0.39, 0.29) is 0 Å².